The number of nitrogens with one attached hydrogen (secondary N) is 1. The van der Waals surface area contributed by atoms with E-state index in [2.05, 4.69) is 18.8 Å². The van der Waals surface area contributed by atoms with Gasteiger partial charge in [-0.1, -0.05) is 12.1 Å². The van der Waals surface area contributed by atoms with Crippen LogP contribution in [0.1, 0.15) is 19.8 Å². The second-order valence-corrected chi connectivity index (χ2v) is 3.42. The highest BCUT2D eigenvalue weighted by molar-refractivity contribution is 5.43. The Morgan fingerprint density at radius 1 is 1.57 bits per heavy atom. The summed E-state index contributed by atoms with van der Waals surface area (Å²) in [7, 11) is 0. The van der Waals surface area contributed by atoms with Crippen molar-refractivity contribution in [1.82, 2.24) is 0 Å². The SMILES string of the molecule is C=CCC[C@H](C)Nc1cccc(F)c1. The van der Waals surface area contributed by atoms with Crippen LogP contribution >= 0.6 is 0 Å². The van der Waals surface area contributed by atoms with Crippen LogP contribution in [-0.4, -0.2) is 6.04 Å². The van der Waals surface area contributed by atoms with E-state index in [1.165, 1.54) is 12.1 Å². The molecule has 0 bridgehead atoms. The molecule has 1 aromatic carbocycles. The molecule has 1 nitrogen and oxygen atoms in total. The van der Waals surface area contributed by atoms with Crippen molar-refractivity contribution >= 4 is 5.69 Å². The summed E-state index contributed by atoms with van der Waals surface area (Å²) >= 11 is 0. The fourth-order valence-electron chi connectivity index (χ4n) is 1.30. The van der Waals surface area contributed by atoms with Crippen molar-refractivity contribution in [2.75, 3.05) is 5.32 Å². The summed E-state index contributed by atoms with van der Waals surface area (Å²) < 4.78 is 12.8. The number of anilines is 1. The lowest BCUT2D eigenvalue weighted by Crippen LogP contribution is -2.14. The predicted octanol–water partition coefficient (Wildman–Crippen LogP) is 3.59. The maximum Gasteiger partial charge on any atom is 0.125 e. The molecule has 1 aromatic rings. The topological polar surface area (TPSA) is 12.0 Å². The highest BCUT2D eigenvalue weighted by Gasteiger charge is 2.00. The molecule has 1 rings (SSSR count). The van der Waals surface area contributed by atoms with Crippen LogP contribution in [0, 0.1) is 5.82 Å². The molecule has 0 aromatic heterocycles. The quantitative estimate of drug-likeness (QED) is 0.704. The number of rotatable bonds is 5. The van der Waals surface area contributed by atoms with Crippen molar-refractivity contribution in [3.63, 3.8) is 0 Å². The first-order chi connectivity index (χ1) is 6.72. The Labute approximate surface area is 84.6 Å². The molecule has 0 unspecified atom stereocenters. The number of hydrogen-bond acceptors (Lipinski definition) is 1. The molecule has 0 spiro atoms. The zero-order valence-electron chi connectivity index (χ0n) is 8.46. The molecule has 0 saturated carbocycles. The van der Waals surface area contributed by atoms with Gasteiger partial charge >= 0.3 is 0 Å². The van der Waals surface area contributed by atoms with E-state index >= 15 is 0 Å². The van der Waals surface area contributed by atoms with E-state index in [1.54, 1.807) is 6.07 Å². The third-order valence-electron chi connectivity index (χ3n) is 2.04. The molecule has 0 aliphatic heterocycles. The van der Waals surface area contributed by atoms with Gasteiger partial charge in [0.1, 0.15) is 5.82 Å². The Morgan fingerprint density at radius 2 is 2.36 bits per heavy atom. The van der Waals surface area contributed by atoms with Gasteiger partial charge in [-0.3, -0.25) is 0 Å². The van der Waals surface area contributed by atoms with E-state index < -0.39 is 0 Å². The fourth-order valence-corrected chi connectivity index (χ4v) is 1.30. The Kier molecular flexibility index (Phi) is 4.17. The summed E-state index contributed by atoms with van der Waals surface area (Å²) in [6.07, 6.45) is 3.88. The minimum atomic E-state index is -0.203. The largest absolute Gasteiger partial charge is 0.382 e. The zero-order chi connectivity index (χ0) is 10.4. The normalized spacial score (nSPS) is 12.1. The van der Waals surface area contributed by atoms with E-state index in [0.717, 1.165) is 18.5 Å². The van der Waals surface area contributed by atoms with Crippen molar-refractivity contribution in [3.8, 4) is 0 Å². The van der Waals surface area contributed by atoms with Gasteiger partial charge in [0.05, 0.1) is 0 Å². The first-order valence-electron chi connectivity index (χ1n) is 4.85. The average molecular weight is 193 g/mol. The number of halogens is 1. The maximum atomic E-state index is 12.8. The molecule has 1 N–H and O–H groups in total. The molecule has 0 aliphatic rings. The lowest BCUT2D eigenvalue weighted by atomic mass is 10.1. The zero-order valence-corrected chi connectivity index (χ0v) is 8.46. The Bertz CT molecular complexity index is 296. The van der Waals surface area contributed by atoms with E-state index in [4.69, 9.17) is 0 Å². The van der Waals surface area contributed by atoms with Gasteiger partial charge < -0.3 is 5.32 Å². The van der Waals surface area contributed by atoms with E-state index in [9.17, 15) is 4.39 Å². The van der Waals surface area contributed by atoms with Crippen LogP contribution in [0.4, 0.5) is 10.1 Å². The molecular formula is C12H16FN. The molecule has 14 heavy (non-hydrogen) atoms. The van der Waals surface area contributed by atoms with Crippen LogP contribution in [0.2, 0.25) is 0 Å². The minimum Gasteiger partial charge on any atom is -0.382 e. The first kappa shape index (κ1) is 10.8. The second-order valence-electron chi connectivity index (χ2n) is 3.42. The van der Waals surface area contributed by atoms with Gasteiger partial charge in [0.15, 0.2) is 0 Å². The third kappa shape index (κ3) is 3.60. The average Bonchev–Trinajstić information content (AvgIpc) is 2.15. The highest BCUT2D eigenvalue weighted by atomic mass is 19.1. The van der Waals surface area contributed by atoms with Gasteiger partial charge in [-0.05, 0) is 38.0 Å². The molecule has 0 fully saturated rings. The van der Waals surface area contributed by atoms with Gasteiger partial charge in [0.2, 0.25) is 0 Å². The molecule has 1 atom stereocenters. The van der Waals surface area contributed by atoms with Gasteiger partial charge in [-0.2, -0.15) is 0 Å². The fraction of sp³-hybridized carbons (Fsp3) is 0.333. The number of benzene rings is 1. The lowest BCUT2D eigenvalue weighted by molar-refractivity contribution is 0.627. The summed E-state index contributed by atoms with van der Waals surface area (Å²) in [6, 6.07) is 6.87. The first-order valence-corrected chi connectivity index (χ1v) is 4.85. The van der Waals surface area contributed by atoms with Gasteiger partial charge in [0.25, 0.3) is 0 Å². The van der Waals surface area contributed by atoms with Crippen molar-refractivity contribution in [3.05, 3.63) is 42.7 Å². The van der Waals surface area contributed by atoms with E-state index in [-0.39, 0.29) is 5.82 Å². The Balaban J connectivity index is 2.47. The van der Waals surface area contributed by atoms with Crippen molar-refractivity contribution < 1.29 is 4.39 Å². The number of hydrogen-bond donors (Lipinski definition) is 1. The number of allylic oxidation sites excluding steroid dienone is 1. The monoisotopic (exact) mass is 193 g/mol. The van der Waals surface area contributed by atoms with Crippen molar-refractivity contribution in [1.29, 1.82) is 0 Å². The van der Waals surface area contributed by atoms with Crippen LogP contribution in [0.3, 0.4) is 0 Å². The Morgan fingerprint density at radius 3 is 3.00 bits per heavy atom. The maximum absolute atomic E-state index is 12.8. The minimum absolute atomic E-state index is 0.203. The summed E-state index contributed by atoms with van der Waals surface area (Å²) in [5.74, 6) is -0.203. The third-order valence-corrected chi connectivity index (χ3v) is 2.04. The summed E-state index contributed by atoms with van der Waals surface area (Å²) in [4.78, 5) is 0. The summed E-state index contributed by atoms with van der Waals surface area (Å²) in [5, 5.41) is 3.23. The molecule has 0 heterocycles. The highest BCUT2D eigenvalue weighted by Crippen LogP contribution is 2.12. The van der Waals surface area contributed by atoms with Crippen LogP contribution < -0.4 is 5.32 Å². The molecule has 0 amide bonds. The van der Waals surface area contributed by atoms with Crippen LogP contribution in [0.25, 0.3) is 0 Å². The molecular weight excluding hydrogens is 177 g/mol. The van der Waals surface area contributed by atoms with Gasteiger partial charge in [-0.25, -0.2) is 4.39 Å². The second kappa shape index (κ2) is 5.43. The predicted molar refractivity (Wildman–Crippen MR) is 58.9 cm³/mol. The lowest BCUT2D eigenvalue weighted by Gasteiger charge is -2.13. The molecule has 0 aliphatic carbocycles. The molecule has 76 valence electrons. The van der Waals surface area contributed by atoms with E-state index in [1.807, 2.05) is 12.1 Å². The van der Waals surface area contributed by atoms with Crippen LogP contribution in [0.5, 0.6) is 0 Å². The summed E-state index contributed by atoms with van der Waals surface area (Å²) in [5.41, 5.74) is 0.835. The molecule has 2 heteroatoms. The van der Waals surface area contributed by atoms with Crippen molar-refractivity contribution in [2.45, 2.75) is 25.8 Å². The van der Waals surface area contributed by atoms with Gasteiger partial charge in [-0.15, -0.1) is 6.58 Å². The Hall–Kier alpha value is -1.31. The van der Waals surface area contributed by atoms with Crippen molar-refractivity contribution in [2.24, 2.45) is 0 Å². The molecule has 0 saturated heterocycles. The standard InChI is InChI=1S/C12H16FN/c1-3-4-6-10(2)14-12-8-5-7-11(13)9-12/h3,5,7-10,14H,1,4,6H2,2H3/t10-/m0/s1. The van der Waals surface area contributed by atoms with Crippen LogP contribution in [-0.2, 0) is 0 Å². The smallest absolute Gasteiger partial charge is 0.125 e. The molecule has 0 radical (unpaired) electrons. The summed E-state index contributed by atoms with van der Waals surface area (Å²) in [6.45, 7) is 5.74. The van der Waals surface area contributed by atoms with Crippen LogP contribution in [0.15, 0.2) is 36.9 Å². The van der Waals surface area contributed by atoms with E-state index in [0.29, 0.717) is 6.04 Å². The van der Waals surface area contributed by atoms with Gasteiger partial charge in [0, 0.05) is 11.7 Å².